The molecular weight excluding hydrogens is 302 g/mol. The van der Waals surface area contributed by atoms with E-state index in [2.05, 4.69) is 0 Å². The van der Waals surface area contributed by atoms with E-state index < -0.39 is 4.92 Å². The van der Waals surface area contributed by atoms with Crippen LogP contribution in [0.25, 0.3) is 0 Å². The van der Waals surface area contributed by atoms with Crippen molar-refractivity contribution in [1.82, 2.24) is 4.90 Å². The highest BCUT2D eigenvalue weighted by molar-refractivity contribution is 7.13. The second kappa shape index (κ2) is 7.67. The van der Waals surface area contributed by atoms with Crippen molar-refractivity contribution in [3.8, 4) is 0 Å². The lowest BCUT2D eigenvalue weighted by Crippen LogP contribution is -2.32. The first kappa shape index (κ1) is 16.1. The number of nitrogens with two attached hydrogens (primary N) is 1. The molecule has 22 heavy (non-hydrogen) atoms. The lowest BCUT2D eigenvalue weighted by molar-refractivity contribution is -0.380. The molecule has 2 N–H and O–H groups in total. The molecule has 7 heteroatoms. The van der Waals surface area contributed by atoms with E-state index in [1.165, 1.54) is 11.4 Å². The van der Waals surface area contributed by atoms with Crippen molar-refractivity contribution in [2.24, 2.45) is 5.73 Å². The number of nitro groups is 1. The predicted molar refractivity (Wildman–Crippen MR) is 85.8 cm³/mol. The fraction of sp³-hybridized carbons (Fsp3) is 0.267. The van der Waals surface area contributed by atoms with Gasteiger partial charge in [0.2, 0.25) is 0 Å². The van der Waals surface area contributed by atoms with Gasteiger partial charge >= 0.3 is 5.00 Å². The molecular formula is C15H17N3O3S. The van der Waals surface area contributed by atoms with Crippen LogP contribution in [-0.2, 0) is 6.54 Å². The molecule has 0 aliphatic heterocycles. The number of nitrogens with zero attached hydrogens (tertiary/aromatic N) is 2. The van der Waals surface area contributed by atoms with Crippen LogP contribution in [0, 0.1) is 10.1 Å². The Morgan fingerprint density at radius 3 is 2.64 bits per heavy atom. The Morgan fingerprint density at radius 2 is 2.05 bits per heavy atom. The second-order valence-electron chi connectivity index (χ2n) is 4.79. The van der Waals surface area contributed by atoms with Crippen LogP contribution >= 0.6 is 11.3 Å². The summed E-state index contributed by atoms with van der Waals surface area (Å²) in [5, 5.41) is 12.2. The summed E-state index contributed by atoms with van der Waals surface area (Å²) in [4.78, 5) is 24.5. The Hall–Kier alpha value is -2.25. The summed E-state index contributed by atoms with van der Waals surface area (Å²) >= 11 is 0.962. The molecule has 0 aliphatic rings. The Morgan fingerprint density at radius 1 is 1.32 bits per heavy atom. The van der Waals surface area contributed by atoms with Crippen LogP contribution in [0.1, 0.15) is 22.3 Å². The summed E-state index contributed by atoms with van der Waals surface area (Å²) < 4.78 is 0. The van der Waals surface area contributed by atoms with Crippen molar-refractivity contribution in [3.63, 3.8) is 0 Å². The molecule has 1 aromatic heterocycles. The third-order valence-electron chi connectivity index (χ3n) is 3.15. The molecule has 1 heterocycles. The molecule has 0 saturated carbocycles. The maximum absolute atomic E-state index is 12.6. The minimum absolute atomic E-state index is 0.0261. The van der Waals surface area contributed by atoms with E-state index in [1.54, 1.807) is 4.90 Å². The monoisotopic (exact) mass is 319 g/mol. The summed E-state index contributed by atoms with van der Waals surface area (Å²) in [6.07, 6.45) is 0.685. The first-order valence-corrected chi connectivity index (χ1v) is 7.76. The van der Waals surface area contributed by atoms with E-state index in [0.717, 1.165) is 16.9 Å². The third kappa shape index (κ3) is 4.12. The minimum atomic E-state index is -0.483. The van der Waals surface area contributed by atoms with E-state index in [9.17, 15) is 14.9 Å². The van der Waals surface area contributed by atoms with Crippen LogP contribution in [0.5, 0.6) is 0 Å². The van der Waals surface area contributed by atoms with Crippen LogP contribution in [0.3, 0.4) is 0 Å². The van der Waals surface area contributed by atoms with Crippen LogP contribution in [0.4, 0.5) is 5.00 Å². The molecule has 2 aromatic rings. The van der Waals surface area contributed by atoms with Crippen molar-refractivity contribution in [2.45, 2.75) is 13.0 Å². The molecule has 0 fully saturated rings. The SMILES string of the molecule is NCCCN(Cc1ccccc1)C(=O)c1csc([N+](=O)[O-])c1. The van der Waals surface area contributed by atoms with Crippen molar-refractivity contribution in [1.29, 1.82) is 0 Å². The lowest BCUT2D eigenvalue weighted by atomic mass is 10.2. The fourth-order valence-electron chi connectivity index (χ4n) is 2.05. The largest absolute Gasteiger partial charge is 0.334 e. The highest BCUT2D eigenvalue weighted by atomic mass is 32.1. The Labute approximate surface area is 132 Å². The van der Waals surface area contributed by atoms with Gasteiger partial charge in [-0.2, -0.15) is 0 Å². The number of hydrogen-bond donors (Lipinski definition) is 1. The van der Waals surface area contributed by atoms with Gasteiger partial charge in [0.1, 0.15) is 0 Å². The van der Waals surface area contributed by atoms with Gasteiger partial charge in [0.15, 0.2) is 0 Å². The van der Waals surface area contributed by atoms with Crippen molar-refractivity contribution in [3.05, 3.63) is 63.0 Å². The van der Waals surface area contributed by atoms with Crippen molar-refractivity contribution >= 4 is 22.2 Å². The van der Waals surface area contributed by atoms with Crippen molar-refractivity contribution in [2.75, 3.05) is 13.1 Å². The van der Waals surface area contributed by atoms with Crippen LogP contribution in [0.2, 0.25) is 0 Å². The second-order valence-corrected chi connectivity index (χ2v) is 5.67. The van der Waals surface area contributed by atoms with Crippen molar-refractivity contribution < 1.29 is 9.72 Å². The van der Waals surface area contributed by atoms with E-state index in [1.807, 2.05) is 30.3 Å². The van der Waals surface area contributed by atoms with Gasteiger partial charge in [-0.25, -0.2) is 0 Å². The molecule has 0 atom stereocenters. The van der Waals surface area contributed by atoms with E-state index in [4.69, 9.17) is 5.73 Å². The molecule has 0 spiro atoms. The number of hydrogen-bond acceptors (Lipinski definition) is 5. The maximum atomic E-state index is 12.6. The van der Waals surface area contributed by atoms with Gasteiger partial charge in [-0.3, -0.25) is 14.9 Å². The molecule has 0 unspecified atom stereocenters. The number of rotatable bonds is 7. The molecule has 2 rings (SSSR count). The summed E-state index contributed by atoms with van der Waals surface area (Å²) in [7, 11) is 0. The van der Waals surface area contributed by atoms with Crippen LogP contribution in [0.15, 0.2) is 41.8 Å². The van der Waals surface area contributed by atoms with Crippen LogP contribution < -0.4 is 5.73 Å². The molecule has 0 aliphatic carbocycles. The average Bonchev–Trinajstić information content (AvgIpc) is 3.02. The lowest BCUT2D eigenvalue weighted by Gasteiger charge is -2.22. The van der Waals surface area contributed by atoms with Gasteiger partial charge in [0, 0.05) is 24.5 Å². The number of carbonyl (C=O) groups excluding carboxylic acids is 1. The summed E-state index contributed by atoms with van der Waals surface area (Å²) in [6, 6.07) is 11.0. The molecule has 116 valence electrons. The normalized spacial score (nSPS) is 10.4. The number of amides is 1. The highest BCUT2D eigenvalue weighted by Crippen LogP contribution is 2.24. The predicted octanol–water partition coefficient (Wildman–Crippen LogP) is 2.65. The highest BCUT2D eigenvalue weighted by Gasteiger charge is 2.20. The number of benzene rings is 1. The third-order valence-corrected chi connectivity index (χ3v) is 4.03. The number of carbonyl (C=O) groups is 1. The molecule has 0 saturated heterocycles. The smallest absolute Gasteiger partial charge is 0.324 e. The first-order valence-electron chi connectivity index (χ1n) is 6.88. The van der Waals surface area contributed by atoms with E-state index >= 15 is 0 Å². The zero-order valence-electron chi connectivity index (χ0n) is 12.0. The molecule has 0 bridgehead atoms. The van der Waals surface area contributed by atoms with Gasteiger partial charge < -0.3 is 10.6 Å². The topological polar surface area (TPSA) is 89.5 Å². The summed E-state index contributed by atoms with van der Waals surface area (Å²) in [6.45, 7) is 1.47. The summed E-state index contributed by atoms with van der Waals surface area (Å²) in [5.41, 5.74) is 6.89. The summed E-state index contributed by atoms with van der Waals surface area (Å²) in [5.74, 6) is -0.207. The molecule has 1 amide bonds. The van der Waals surface area contributed by atoms with Gasteiger partial charge in [0.05, 0.1) is 10.5 Å². The maximum Gasteiger partial charge on any atom is 0.324 e. The zero-order chi connectivity index (χ0) is 15.9. The van der Waals surface area contributed by atoms with Gasteiger partial charge in [-0.1, -0.05) is 41.7 Å². The van der Waals surface area contributed by atoms with Crippen LogP contribution in [-0.4, -0.2) is 28.8 Å². The quantitative estimate of drug-likeness (QED) is 0.627. The minimum Gasteiger partial charge on any atom is -0.334 e. The standard InChI is InChI=1S/C15H17N3O3S/c16-7-4-8-17(10-12-5-2-1-3-6-12)15(19)13-9-14(18(20)21)22-11-13/h1-3,5-6,9,11H,4,7-8,10,16H2. The first-order chi connectivity index (χ1) is 10.6. The van der Waals surface area contributed by atoms with Gasteiger partial charge in [-0.15, -0.1) is 0 Å². The number of thiophene rings is 1. The molecule has 6 nitrogen and oxygen atoms in total. The Kier molecular flexibility index (Phi) is 5.62. The molecule has 0 radical (unpaired) electrons. The Balaban J connectivity index is 2.16. The average molecular weight is 319 g/mol. The van der Waals surface area contributed by atoms with Gasteiger partial charge in [-0.05, 0) is 18.5 Å². The fourth-order valence-corrected chi connectivity index (χ4v) is 2.75. The van der Waals surface area contributed by atoms with Gasteiger partial charge in [0.25, 0.3) is 5.91 Å². The zero-order valence-corrected chi connectivity index (χ0v) is 12.8. The van der Waals surface area contributed by atoms with E-state index in [-0.39, 0.29) is 10.9 Å². The Bertz CT molecular complexity index is 642. The van der Waals surface area contributed by atoms with E-state index in [0.29, 0.717) is 31.6 Å². The molecule has 1 aromatic carbocycles.